The van der Waals surface area contributed by atoms with E-state index in [2.05, 4.69) is 4.90 Å². The lowest BCUT2D eigenvalue weighted by molar-refractivity contribution is -0.141. The highest BCUT2D eigenvalue weighted by Gasteiger charge is 2.42. The van der Waals surface area contributed by atoms with Gasteiger partial charge in [-0.2, -0.15) is 0 Å². The van der Waals surface area contributed by atoms with Gasteiger partial charge in [0.1, 0.15) is 12.6 Å². The third-order valence-corrected chi connectivity index (χ3v) is 4.91. The number of likely N-dealkylation sites (tertiary alicyclic amines) is 2. The second-order valence-corrected chi connectivity index (χ2v) is 6.53. The maximum atomic E-state index is 12.4. The highest BCUT2D eigenvalue weighted by Crippen LogP contribution is 2.26. The Morgan fingerprint density at radius 1 is 1.12 bits per heavy atom. The Bertz CT molecular complexity index is 572. The van der Waals surface area contributed by atoms with E-state index in [1.165, 1.54) is 11.3 Å². The number of rotatable bonds is 4. The van der Waals surface area contributed by atoms with Crippen molar-refractivity contribution in [2.24, 2.45) is 0 Å². The molecular weight excluding hydrogens is 308 g/mol. The lowest BCUT2D eigenvalue weighted by atomic mass is 10.1. The Morgan fingerprint density at radius 3 is 2.50 bits per heavy atom. The van der Waals surface area contributed by atoms with Crippen LogP contribution in [0.1, 0.15) is 31.2 Å². The minimum absolute atomic E-state index is 0.121. The van der Waals surface area contributed by atoms with Crippen LogP contribution in [0, 0.1) is 0 Å². The second kappa shape index (κ2) is 7.66. The first kappa shape index (κ1) is 16.8. The van der Waals surface area contributed by atoms with E-state index >= 15 is 0 Å². The largest absolute Gasteiger partial charge is 0.480 e. The van der Waals surface area contributed by atoms with E-state index in [4.69, 9.17) is 4.74 Å². The van der Waals surface area contributed by atoms with Gasteiger partial charge >= 0.3 is 12.1 Å². The van der Waals surface area contributed by atoms with Crippen molar-refractivity contribution in [2.75, 3.05) is 19.6 Å². The first-order chi connectivity index (χ1) is 11.6. The molecule has 0 radical (unpaired) electrons. The summed E-state index contributed by atoms with van der Waals surface area (Å²) in [7, 11) is 0. The summed E-state index contributed by atoms with van der Waals surface area (Å²) in [6.45, 7) is 2.58. The predicted molar refractivity (Wildman–Crippen MR) is 88.6 cm³/mol. The standard InChI is InChI=1S/C18H24N2O4/c21-17(22)16-11-15(19-9-5-2-6-10-19)12-20(16)18(23)24-13-14-7-3-1-4-8-14/h1,3-4,7-8,15-16H,2,5-6,9-13H2,(H,21,22)/t15-,16-/m0/s1. The first-order valence-corrected chi connectivity index (χ1v) is 8.59. The maximum absolute atomic E-state index is 12.4. The van der Waals surface area contributed by atoms with Gasteiger partial charge in [-0.3, -0.25) is 9.80 Å². The number of carbonyl (C=O) groups is 2. The highest BCUT2D eigenvalue weighted by molar-refractivity contribution is 5.81. The summed E-state index contributed by atoms with van der Waals surface area (Å²) < 4.78 is 5.33. The number of carbonyl (C=O) groups excluding carboxylic acids is 1. The molecule has 2 aliphatic heterocycles. The van der Waals surface area contributed by atoms with Gasteiger partial charge in [-0.15, -0.1) is 0 Å². The summed E-state index contributed by atoms with van der Waals surface area (Å²) in [5, 5.41) is 9.47. The Kier molecular flexibility index (Phi) is 5.35. The maximum Gasteiger partial charge on any atom is 0.410 e. The molecule has 6 heteroatoms. The fraction of sp³-hybridized carbons (Fsp3) is 0.556. The molecule has 1 aromatic rings. The molecule has 130 valence electrons. The van der Waals surface area contributed by atoms with Crippen LogP contribution in [-0.4, -0.2) is 58.7 Å². The van der Waals surface area contributed by atoms with Gasteiger partial charge < -0.3 is 9.84 Å². The molecule has 24 heavy (non-hydrogen) atoms. The number of aliphatic carboxylic acids is 1. The fourth-order valence-corrected chi connectivity index (χ4v) is 3.60. The zero-order chi connectivity index (χ0) is 16.9. The lowest BCUT2D eigenvalue weighted by Gasteiger charge is -2.31. The fourth-order valence-electron chi connectivity index (χ4n) is 3.60. The number of piperidine rings is 1. The van der Waals surface area contributed by atoms with Crippen molar-refractivity contribution in [1.29, 1.82) is 0 Å². The van der Waals surface area contributed by atoms with Gasteiger partial charge in [0.15, 0.2) is 0 Å². The van der Waals surface area contributed by atoms with Crippen molar-refractivity contribution in [1.82, 2.24) is 9.80 Å². The number of benzene rings is 1. The molecule has 2 aliphatic rings. The van der Waals surface area contributed by atoms with Gasteiger partial charge in [-0.05, 0) is 37.9 Å². The summed E-state index contributed by atoms with van der Waals surface area (Å²) in [4.78, 5) is 27.6. The number of carboxylic acid groups (broad SMARTS) is 1. The number of carboxylic acids is 1. The third kappa shape index (κ3) is 3.87. The molecule has 2 saturated heterocycles. The zero-order valence-electron chi connectivity index (χ0n) is 13.8. The number of ether oxygens (including phenoxy) is 1. The molecule has 0 unspecified atom stereocenters. The molecule has 2 heterocycles. The number of nitrogens with zero attached hydrogens (tertiary/aromatic N) is 2. The van der Waals surface area contributed by atoms with E-state index in [1.54, 1.807) is 0 Å². The monoisotopic (exact) mass is 332 g/mol. The Labute approximate surface area is 142 Å². The molecule has 0 spiro atoms. The topological polar surface area (TPSA) is 70.1 Å². The predicted octanol–water partition coefficient (Wildman–Crippen LogP) is 2.34. The summed E-state index contributed by atoms with van der Waals surface area (Å²) in [6.07, 6.45) is 3.47. The molecule has 2 fully saturated rings. The van der Waals surface area contributed by atoms with Gasteiger partial charge in [0, 0.05) is 12.6 Å². The van der Waals surface area contributed by atoms with E-state index in [9.17, 15) is 14.7 Å². The van der Waals surface area contributed by atoms with Crippen LogP contribution >= 0.6 is 0 Å². The Hall–Kier alpha value is -2.08. The van der Waals surface area contributed by atoms with Crippen molar-refractivity contribution < 1.29 is 19.4 Å². The van der Waals surface area contributed by atoms with Crippen molar-refractivity contribution in [3.05, 3.63) is 35.9 Å². The molecule has 1 aromatic carbocycles. The minimum atomic E-state index is -0.953. The van der Waals surface area contributed by atoms with E-state index in [0.29, 0.717) is 13.0 Å². The molecular formula is C18H24N2O4. The SMILES string of the molecule is O=C(O)[C@@H]1C[C@H](N2CCCCC2)CN1C(=O)OCc1ccccc1. The smallest absolute Gasteiger partial charge is 0.410 e. The minimum Gasteiger partial charge on any atom is -0.480 e. The lowest BCUT2D eigenvalue weighted by Crippen LogP contribution is -2.42. The second-order valence-electron chi connectivity index (χ2n) is 6.53. The normalized spacial score (nSPS) is 24.8. The molecule has 3 rings (SSSR count). The molecule has 6 nitrogen and oxygen atoms in total. The van der Waals surface area contributed by atoms with Crippen molar-refractivity contribution in [3.63, 3.8) is 0 Å². The van der Waals surface area contributed by atoms with Crippen molar-refractivity contribution in [3.8, 4) is 0 Å². The van der Waals surface area contributed by atoms with Crippen LogP contribution in [-0.2, 0) is 16.1 Å². The van der Waals surface area contributed by atoms with E-state index in [0.717, 1.165) is 31.5 Å². The van der Waals surface area contributed by atoms with E-state index in [-0.39, 0.29) is 12.6 Å². The summed E-state index contributed by atoms with van der Waals surface area (Å²) >= 11 is 0. The molecule has 0 aromatic heterocycles. The number of hydrogen-bond donors (Lipinski definition) is 1. The van der Waals surface area contributed by atoms with Gasteiger partial charge in [0.25, 0.3) is 0 Å². The van der Waals surface area contributed by atoms with E-state index in [1.807, 2.05) is 30.3 Å². The molecule has 0 bridgehead atoms. The molecule has 1 amide bonds. The summed E-state index contributed by atoms with van der Waals surface area (Å²) in [6, 6.07) is 8.74. The number of hydrogen-bond acceptors (Lipinski definition) is 4. The summed E-state index contributed by atoms with van der Waals surface area (Å²) in [5.74, 6) is -0.953. The Morgan fingerprint density at radius 2 is 1.83 bits per heavy atom. The molecule has 2 atom stereocenters. The highest BCUT2D eigenvalue weighted by atomic mass is 16.6. The van der Waals surface area contributed by atoms with Crippen LogP contribution in [0.4, 0.5) is 4.79 Å². The van der Waals surface area contributed by atoms with Crippen LogP contribution in [0.3, 0.4) is 0 Å². The van der Waals surface area contributed by atoms with Gasteiger partial charge in [0.05, 0.1) is 0 Å². The molecule has 0 aliphatic carbocycles. The van der Waals surface area contributed by atoms with Crippen LogP contribution in [0.15, 0.2) is 30.3 Å². The van der Waals surface area contributed by atoms with Gasteiger partial charge in [-0.25, -0.2) is 9.59 Å². The Balaban J connectivity index is 1.61. The number of amides is 1. The van der Waals surface area contributed by atoms with Crippen LogP contribution < -0.4 is 0 Å². The van der Waals surface area contributed by atoms with Gasteiger partial charge in [-0.1, -0.05) is 36.8 Å². The van der Waals surface area contributed by atoms with Gasteiger partial charge in [0.2, 0.25) is 0 Å². The zero-order valence-corrected chi connectivity index (χ0v) is 13.8. The summed E-state index contributed by atoms with van der Waals surface area (Å²) in [5.41, 5.74) is 0.893. The first-order valence-electron chi connectivity index (χ1n) is 8.59. The van der Waals surface area contributed by atoms with Crippen molar-refractivity contribution in [2.45, 2.75) is 44.4 Å². The average Bonchev–Trinajstić information content (AvgIpc) is 3.07. The quantitative estimate of drug-likeness (QED) is 0.916. The average molecular weight is 332 g/mol. The van der Waals surface area contributed by atoms with E-state index < -0.39 is 18.1 Å². The van der Waals surface area contributed by atoms with Crippen molar-refractivity contribution >= 4 is 12.1 Å². The molecule has 0 saturated carbocycles. The van der Waals surface area contributed by atoms with Crippen LogP contribution in [0.2, 0.25) is 0 Å². The van der Waals surface area contributed by atoms with Crippen LogP contribution in [0.25, 0.3) is 0 Å². The van der Waals surface area contributed by atoms with Crippen LogP contribution in [0.5, 0.6) is 0 Å². The molecule has 1 N–H and O–H groups in total. The third-order valence-electron chi connectivity index (χ3n) is 4.91.